The van der Waals surface area contributed by atoms with Crippen molar-refractivity contribution in [3.63, 3.8) is 0 Å². The third kappa shape index (κ3) is 2.72. The molecule has 1 aliphatic carbocycles. The molecule has 1 amide bonds. The largest absolute Gasteiger partial charge is 0.394 e. The van der Waals surface area contributed by atoms with Crippen molar-refractivity contribution >= 4 is 21.8 Å². The molecule has 1 fully saturated rings. The quantitative estimate of drug-likeness (QED) is 0.836. The van der Waals surface area contributed by atoms with E-state index in [0.29, 0.717) is 16.1 Å². The zero-order valence-corrected chi connectivity index (χ0v) is 12.1. The highest BCUT2D eigenvalue weighted by molar-refractivity contribution is 9.10. The van der Waals surface area contributed by atoms with Crippen molar-refractivity contribution in [2.24, 2.45) is 5.92 Å². The van der Waals surface area contributed by atoms with Crippen molar-refractivity contribution in [2.45, 2.75) is 32.2 Å². The Kier molecular flexibility index (Phi) is 3.73. The maximum absolute atomic E-state index is 12.2. The van der Waals surface area contributed by atoms with Gasteiger partial charge in [-0.3, -0.25) is 4.79 Å². The Hall–Kier alpha value is -0.940. The van der Waals surface area contributed by atoms with Crippen LogP contribution in [0.4, 0.5) is 0 Å². The summed E-state index contributed by atoms with van der Waals surface area (Å²) in [5.74, 6) is 0.182. The monoisotopic (exact) mass is 312 g/mol. The van der Waals surface area contributed by atoms with Crippen LogP contribution < -0.4 is 5.32 Å². The Morgan fingerprint density at radius 2 is 2.28 bits per heavy atom. The molecule has 0 bridgehead atoms. The van der Waals surface area contributed by atoms with Gasteiger partial charge in [0.1, 0.15) is 4.60 Å². The molecule has 4 nitrogen and oxygen atoms in total. The standard InChI is InChI=1S/C13H17BrN2O2/c1-8-3-6-10(11(14)15-8)12(18)16-13(2,7-17)9-4-5-9/h3,6,9,17H,4-5,7H2,1-2H3,(H,16,18). The lowest BCUT2D eigenvalue weighted by atomic mass is 9.96. The molecule has 2 rings (SSSR count). The van der Waals surface area contributed by atoms with Gasteiger partial charge in [-0.25, -0.2) is 4.98 Å². The number of nitrogens with zero attached hydrogens (tertiary/aromatic N) is 1. The number of carbonyl (C=O) groups is 1. The highest BCUT2D eigenvalue weighted by Gasteiger charge is 2.42. The third-order valence-electron chi connectivity index (χ3n) is 3.44. The molecule has 1 heterocycles. The lowest BCUT2D eigenvalue weighted by Crippen LogP contribution is -2.50. The number of rotatable bonds is 4. The summed E-state index contributed by atoms with van der Waals surface area (Å²) in [6.07, 6.45) is 2.12. The van der Waals surface area contributed by atoms with Crippen molar-refractivity contribution in [1.29, 1.82) is 0 Å². The van der Waals surface area contributed by atoms with Gasteiger partial charge in [0, 0.05) is 5.69 Å². The first-order valence-corrected chi connectivity index (χ1v) is 6.82. The number of aliphatic hydroxyl groups is 1. The van der Waals surface area contributed by atoms with Crippen LogP contribution in [-0.4, -0.2) is 28.1 Å². The highest BCUT2D eigenvalue weighted by Crippen LogP contribution is 2.39. The molecule has 18 heavy (non-hydrogen) atoms. The van der Waals surface area contributed by atoms with E-state index in [1.807, 2.05) is 13.8 Å². The molecule has 1 unspecified atom stereocenters. The second kappa shape index (κ2) is 4.97. The SMILES string of the molecule is Cc1ccc(C(=O)NC(C)(CO)C2CC2)c(Br)n1. The average molecular weight is 313 g/mol. The molecule has 1 saturated carbocycles. The van der Waals surface area contributed by atoms with Gasteiger partial charge in [0.05, 0.1) is 17.7 Å². The highest BCUT2D eigenvalue weighted by atomic mass is 79.9. The van der Waals surface area contributed by atoms with Crippen LogP contribution in [0.2, 0.25) is 0 Å². The Labute approximate surface area is 115 Å². The van der Waals surface area contributed by atoms with Crippen LogP contribution in [0.1, 0.15) is 35.8 Å². The van der Waals surface area contributed by atoms with Crippen molar-refractivity contribution in [1.82, 2.24) is 10.3 Å². The van der Waals surface area contributed by atoms with Crippen LogP contribution in [0.5, 0.6) is 0 Å². The van der Waals surface area contributed by atoms with E-state index in [-0.39, 0.29) is 12.5 Å². The first-order chi connectivity index (χ1) is 8.46. The van der Waals surface area contributed by atoms with Gasteiger partial charge in [-0.2, -0.15) is 0 Å². The van der Waals surface area contributed by atoms with E-state index in [4.69, 9.17) is 0 Å². The summed E-state index contributed by atoms with van der Waals surface area (Å²) in [5.41, 5.74) is 0.827. The summed E-state index contributed by atoms with van der Waals surface area (Å²) in [6, 6.07) is 3.54. The molecular weight excluding hydrogens is 296 g/mol. The van der Waals surface area contributed by atoms with Crippen LogP contribution in [0.3, 0.4) is 0 Å². The Bertz CT molecular complexity index is 474. The summed E-state index contributed by atoms with van der Waals surface area (Å²) >= 11 is 3.30. The Morgan fingerprint density at radius 1 is 1.61 bits per heavy atom. The second-order valence-corrected chi connectivity index (χ2v) is 5.85. The van der Waals surface area contributed by atoms with Crippen molar-refractivity contribution in [3.8, 4) is 0 Å². The van der Waals surface area contributed by atoms with E-state index < -0.39 is 5.54 Å². The summed E-state index contributed by atoms with van der Waals surface area (Å²) in [6.45, 7) is 3.72. The van der Waals surface area contributed by atoms with E-state index in [2.05, 4.69) is 26.2 Å². The normalized spacial score (nSPS) is 18.2. The van der Waals surface area contributed by atoms with Gasteiger partial charge < -0.3 is 10.4 Å². The molecule has 1 atom stereocenters. The molecule has 5 heteroatoms. The number of aryl methyl sites for hydroxylation is 1. The van der Waals surface area contributed by atoms with Crippen molar-refractivity contribution in [2.75, 3.05) is 6.61 Å². The second-order valence-electron chi connectivity index (χ2n) is 5.09. The maximum Gasteiger partial charge on any atom is 0.254 e. The van der Waals surface area contributed by atoms with E-state index in [0.717, 1.165) is 18.5 Å². The Balaban J connectivity index is 2.16. The molecule has 1 aromatic rings. The van der Waals surface area contributed by atoms with Crippen molar-refractivity contribution < 1.29 is 9.90 Å². The minimum atomic E-state index is -0.526. The number of pyridine rings is 1. The lowest BCUT2D eigenvalue weighted by molar-refractivity contribution is 0.0823. The summed E-state index contributed by atoms with van der Waals surface area (Å²) in [5, 5.41) is 12.4. The van der Waals surface area contributed by atoms with E-state index >= 15 is 0 Å². The fourth-order valence-electron chi connectivity index (χ4n) is 2.01. The number of halogens is 1. The number of aliphatic hydroxyl groups excluding tert-OH is 1. The molecule has 1 aromatic heterocycles. The predicted molar refractivity (Wildman–Crippen MR) is 72.4 cm³/mol. The molecule has 98 valence electrons. The summed E-state index contributed by atoms with van der Waals surface area (Å²) < 4.78 is 0.538. The molecule has 0 aromatic carbocycles. The van der Waals surface area contributed by atoms with Crippen LogP contribution >= 0.6 is 15.9 Å². The van der Waals surface area contributed by atoms with E-state index in [1.165, 1.54) is 0 Å². The zero-order chi connectivity index (χ0) is 13.3. The number of hydrogen-bond acceptors (Lipinski definition) is 3. The number of carbonyl (C=O) groups excluding carboxylic acids is 1. The predicted octanol–water partition coefficient (Wildman–Crippen LogP) is 2.04. The fourth-order valence-corrected chi connectivity index (χ4v) is 2.60. The van der Waals surface area contributed by atoms with E-state index in [1.54, 1.807) is 12.1 Å². The van der Waals surface area contributed by atoms with Crippen LogP contribution in [0.25, 0.3) is 0 Å². The van der Waals surface area contributed by atoms with Crippen LogP contribution in [0, 0.1) is 12.8 Å². The minimum absolute atomic E-state index is 0.0414. The number of nitrogens with one attached hydrogen (secondary N) is 1. The third-order valence-corrected chi connectivity index (χ3v) is 4.04. The maximum atomic E-state index is 12.2. The van der Waals surface area contributed by atoms with Gasteiger partial charge in [0.15, 0.2) is 0 Å². The topological polar surface area (TPSA) is 62.2 Å². The van der Waals surface area contributed by atoms with Gasteiger partial charge in [0.25, 0.3) is 5.91 Å². The fraction of sp³-hybridized carbons (Fsp3) is 0.538. The molecule has 1 aliphatic rings. The van der Waals surface area contributed by atoms with Gasteiger partial charge in [-0.1, -0.05) is 0 Å². The first kappa shape index (κ1) is 13.5. The summed E-state index contributed by atoms with van der Waals surface area (Å²) in [4.78, 5) is 16.4. The van der Waals surface area contributed by atoms with E-state index in [9.17, 15) is 9.90 Å². The average Bonchev–Trinajstić information content (AvgIpc) is 3.12. The molecule has 0 aliphatic heterocycles. The van der Waals surface area contributed by atoms with Gasteiger partial charge >= 0.3 is 0 Å². The smallest absolute Gasteiger partial charge is 0.254 e. The van der Waals surface area contributed by atoms with Gasteiger partial charge in [-0.05, 0) is 60.7 Å². The minimum Gasteiger partial charge on any atom is -0.394 e. The number of hydrogen-bond donors (Lipinski definition) is 2. The van der Waals surface area contributed by atoms with Crippen LogP contribution in [0.15, 0.2) is 16.7 Å². The Morgan fingerprint density at radius 3 is 2.78 bits per heavy atom. The van der Waals surface area contributed by atoms with Crippen molar-refractivity contribution in [3.05, 3.63) is 28.0 Å². The first-order valence-electron chi connectivity index (χ1n) is 6.03. The molecule has 0 spiro atoms. The van der Waals surface area contributed by atoms with Gasteiger partial charge in [0.2, 0.25) is 0 Å². The van der Waals surface area contributed by atoms with Crippen LogP contribution in [-0.2, 0) is 0 Å². The summed E-state index contributed by atoms with van der Waals surface area (Å²) in [7, 11) is 0. The number of aromatic nitrogens is 1. The van der Waals surface area contributed by atoms with Gasteiger partial charge in [-0.15, -0.1) is 0 Å². The lowest BCUT2D eigenvalue weighted by Gasteiger charge is -2.28. The molecule has 0 radical (unpaired) electrons. The number of amides is 1. The molecule has 0 saturated heterocycles. The molecule has 2 N–H and O–H groups in total. The zero-order valence-electron chi connectivity index (χ0n) is 10.5. The molecular formula is C13H17BrN2O2.